The van der Waals surface area contributed by atoms with Crippen molar-refractivity contribution >= 4 is 0 Å². The van der Waals surface area contributed by atoms with Crippen LogP contribution in [0.3, 0.4) is 0 Å². The Labute approximate surface area is 64.2 Å². The minimum atomic E-state index is -4.18. The van der Waals surface area contributed by atoms with E-state index in [-0.39, 0.29) is 0 Å². The van der Waals surface area contributed by atoms with Gasteiger partial charge in [0.25, 0.3) is 0 Å². The highest BCUT2D eigenvalue weighted by Gasteiger charge is 2.39. The molecule has 1 nitrogen and oxygen atoms in total. The van der Waals surface area contributed by atoms with Gasteiger partial charge in [-0.2, -0.15) is 13.2 Å². The Balaban J connectivity index is 4.09. The summed E-state index contributed by atoms with van der Waals surface area (Å²) < 4.78 is 35.9. The predicted octanol–water partition coefficient (Wildman–Crippen LogP) is 2.20. The molecule has 2 unspecified atom stereocenters. The fourth-order valence-corrected chi connectivity index (χ4v) is 0.908. The second-order valence-electron chi connectivity index (χ2n) is 2.68. The maximum absolute atomic E-state index is 12.0. The van der Waals surface area contributed by atoms with Gasteiger partial charge in [-0.1, -0.05) is 20.3 Å². The first-order valence-corrected chi connectivity index (χ1v) is 3.61. The fraction of sp³-hybridized carbons (Fsp3) is 1.00. The van der Waals surface area contributed by atoms with Crippen molar-refractivity contribution in [2.45, 2.75) is 26.4 Å². The number of rotatable bonds is 3. The van der Waals surface area contributed by atoms with Crippen LogP contribution in [0.4, 0.5) is 13.2 Å². The lowest BCUT2D eigenvalue weighted by Crippen LogP contribution is -2.29. The van der Waals surface area contributed by atoms with Gasteiger partial charge < -0.3 is 5.11 Å². The van der Waals surface area contributed by atoms with Crippen LogP contribution in [-0.2, 0) is 0 Å². The number of hydrogen-bond donors (Lipinski definition) is 1. The molecule has 0 spiro atoms. The molecule has 0 fully saturated rings. The molecule has 0 aliphatic heterocycles. The Morgan fingerprint density at radius 2 is 1.82 bits per heavy atom. The minimum Gasteiger partial charge on any atom is -0.396 e. The number of aliphatic hydroxyl groups is 1. The van der Waals surface area contributed by atoms with Crippen molar-refractivity contribution < 1.29 is 18.3 Å². The highest BCUT2D eigenvalue weighted by molar-refractivity contribution is 4.70. The van der Waals surface area contributed by atoms with Crippen molar-refractivity contribution in [2.75, 3.05) is 6.61 Å². The zero-order chi connectivity index (χ0) is 9.07. The van der Waals surface area contributed by atoms with Gasteiger partial charge in [0, 0.05) is 6.61 Å². The summed E-state index contributed by atoms with van der Waals surface area (Å²) in [7, 11) is 0. The summed E-state index contributed by atoms with van der Waals surface area (Å²) in [6, 6.07) is 0. The van der Waals surface area contributed by atoms with Crippen LogP contribution < -0.4 is 0 Å². The van der Waals surface area contributed by atoms with Gasteiger partial charge in [-0.05, 0) is 5.92 Å². The third-order valence-corrected chi connectivity index (χ3v) is 1.98. The molecule has 11 heavy (non-hydrogen) atoms. The van der Waals surface area contributed by atoms with E-state index in [4.69, 9.17) is 5.11 Å². The molecule has 4 heteroatoms. The molecule has 2 atom stereocenters. The van der Waals surface area contributed by atoms with Crippen molar-refractivity contribution in [1.82, 2.24) is 0 Å². The molecule has 0 rings (SSSR count). The molecule has 0 saturated heterocycles. The van der Waals surface area contributed by atoms with E-state index < -0.39 is 24.6 Å². The van der Waals surface area contributed by atoms with E-state index in [1.807, 2.05) is 0 Å². The number of aliphatic hydroxyl groups excluding tert-OH is 1. The maximum atomic E-state index is 12.0. The predicted molar refractivity (Wildman–Crippen MR) is 36.1 cm³/mol. The van der Waals surface area contributed by atoms with Gasteiger partial charge in [0.15, 0.2) is 0 Å². The second kappa shape index (κ2) is 3.95. The lowest BCUT2D eigenvalue weighted by atomic mass is 9.92. The van der Waals surface area contributed by atoms with Crippen LogP contribution in [0.2, 0.25) is 0 Å². The van der Waals surface area contributed by atoms with E-state index in [1.165, 1.54) is 0 Å². The van der Waals surface area contributed by atoms with Crippen LogP contribution in [0.1, 0.15) is 20.3 Å². The third kappa shape index (κ3) is 3.10. The molecule has 0 aliphatic rings. The summed E-state index contributed by atoms with van der Waals surface area (Å²) >= 11 is 0. The van der Waals surface area contributed by atoms with Gasteiger partial charge in [0.1, 0.15) is 0 Å². The summed E-state index contributed by atoms with van der Waals surface area (Å²) in [6.45, 7) is 2.35. The maximum Gasteiger partial charge on any atom is 0.391 e. The Kier molecular flexibility index (Phi) is 3.86. The van der Waals surface area contributed by atoms with Crippen LogP contribution in [0.15, 0.2) is 0 Å². The molecule has 0 aromatic heterocycles. The number of alkyl halides is 3. The van der Waals surface area contributed by atoms with E-state index in [0.29, 0.717) is 6.42 Å². The van der Waals surface area contributed by atoms with Crippen LogP contribution in [0.5, 0.6) is 0 Å². The average molecular weight is 170 g/mol. The van der Waals surface area contributed by atoms with Gasteiger partial charge in [-0.3, -0.25) is 0 Å². The van der Waals surface area contributed by atoms with Gasteiger partial charge >= 0.3 is 6.18 Å². The Hall–Kier alpha value is -0.250. The van der Waals surface area contributed by atoms with E-state index in [9.17, 15) is 13.2 Å². The lowest BCUT2D eigenvalue weighted by Gasteiger charge is -2.22. The van der Waals surface area contributed by atoms with Crippen molar-refractivity contribution in [3.05, 3.63) is 0 Å². The zero-order valence-corrected chi connectivity index (χ0v) is 6.65. The second-order valence-corrected chi connectivity index (χ2v) is 2.68. The van der Waals surface area contributed by atoms with Crippen molar-refractivity contribution in [3.8, 4) is 0 Å². The monoisotopic (exact) mass is 170 g/mol. The molecule has 0 aliphatic carbocycles. The highest BCUT2D eigenvalue weighted by atomic mass is 19.4. The summed E-state index contributed by atoms with van der Waals surface area (Å²) in [6.07, 6.45) is -3.82. The number of hydrogen-bond acceptors (Lipinski definition) is 1. The minimum absolute atomic E-state index is 0.358. The molecule has 0 radical (unpaired) electrons. The smallest absolute Gasteiger partial charge is 0.391 e. The molecular formula is C7H13F3O. The molecule has 0 aromatic carbocycles. The van der Waals surface area contributed by atoms with E-state index >= 15 is 0 Å². The summed E-state index contributed by atoms with van der Waals surface area (Å²) in [5, 5.41) is 8.56. The van der Waals surface area contributed by atoms with Crippen molar-refractivity contribution in [2.24, 2.45) is 11.8 Å². The van der Waals surface area contributed by atoms with E-state index in [0.717, 1.165) is 6.92 Å². The van der Waals surface area contributed by atoms with Crippen LogP contribution in [-0.4, -0.2) is 17.9 Å². The first-order valence-electron chi connectivity index (χ1n) is 3.61. The first kappa shape index (κ1) is 10.8. The average Bonchev–Trinajstić information content (AvgIpc) is 1.88. The standard InChI is InChI=1S/C7H13F3O/c1-3-6(4-11)5(2)7(8,9)10/h5-6,11H,3-4H2,1-2H3. The Morgan fingerprint density at radius 1 is 1.36 bits per heavy atom. The molecule has 0 amide bonds. The fourth-order valence-electron chi connectivity index (χ4n) is 0.908. The van der Waals surface area contributed by atoms with Gasteiger partial charge in [-0.25, -0.2) is 0 Å². The summed E-state index contributed by atoms with van der Waals surface area (Å²) in [5.41, 5.74) is 0. The normalized spacial score (nSPS) is 18.0. The Morgan fingerprint density at radius 3 is 1.91 bits per heavy atom. The molecule has 68 valence electrons. The van der Waals surface area contributed by atoms with Gasteiger partial charge in [0.05, 0.1) is 5.92 Å². The van der Waals surface area contributed by atoms with Crippen LogP contribution in [0.25, 0.3) is 0 Å². The highest BCUT2D eigenvalue weighted by Crippen LogP contribution is 2.32. The first-order chi connectivity index (χ1) is 4.93. The quantitative estimate of drug-likeness (QED) is 0.688. The molecule has 0 aromatic rings. The SMILES string of the molecule is CCC(CO)C(C)C(F)(F)F. The molecule has 1 N–H and O–H groups in total. The third-order valence-electron chi connectivity index (χ3n) is 1.98. The van der Waals surface area contributed by atoms with E-state index in [2.05, 4.69) is 0 Å². The topological polar surface area (TPSA) is 20.2 Å². The summed E-state index contributed by atoms with van der Waals surface area (Å²) in [5.74, 6) is -2.06. The summed E-state index contributed by atoms with van der Waals surface area (Å²) in [4.78, 5) is 0. The van der Waals surface area contributed by atoms with Crippen LogP contribution in [0, 0.1) is 11.8 Å². The zero-order valence-electron chi connectivity index (χ0n) is 6.65. The lowest BCUT2D eigenvalue weighted by molar-refractivity contribution is -0.187. The molecular weight excluding hydrogens is 157 g/mol. The molecule has 0 saturated carbocycles. The van der Waals surface area contributed by atoms with E-state index in [1.54, 1.807) is 6.92 Å². The number of halogens is 3. The molecule has 0 heterocycles. The van der Waals surface area contributed by atoms with Gasteiger partial charge in [-0.15, -0.1) is 0 Å². The Bertz CT molecular complexity index is 107. The van der Waals surface area contributed by atoms with Crippen molar-refractivity contribution in [1.29, 1.82) is 0 Å². The largest absolute Gasteiger partial charge is 0.396 e. The van der Waals surface area contributed by atoms with Crippen molar-refractivity contribution in [3.63, 3.8) is 0 Å². The molecule has 0 bridgehead atoms. The van der Waals surface area contributed by atoms with Gasteiger partial charge in [0.2, 0.25) is 0 Å². The van der Waals surface area contributed by atoms with Crippen LogP contribution >= 0.6 is 0 Å².